The summed E-state index contributed by atoms with van der Waals surface area (Å²) in [5.74, 6) is 0.795. The maximum Gasteiger partial charge on any atom is 0.124 e. The predicted octanol–water partition coefficient (Wildman–Crippen LogP) is 1.76. The van der Waals surface area contributed by atoms with Crippen LogP contribution in [0.2, 0.25) is 0 Å². The minimum Gasteiger partial charge on any atom is -0.496 e. The number of benzene rings is 1. The van der Waals surface area contributed by atoms with E-state index in [0.717, 1.165) is 17.7 Å². The van der Waals surface area contributed by atoms with Gasteiger partial charge < -0.3 is 24.7 Å². The number of ether oxygens (including phenoxy) is 4. The lowest BCUT2D eigenvalue weighted by Gasteiger charge is -2.19. The molecular formula is C15H25NO4. The number of nitrogens with two attached hydrogens (primary N) is 1. The van der Waals surface area contributed by atoms with Gasteiger partial charge in [0.05, 0.1) is 26.4 Å². The van der Waals surface area contributed by atoms with E-state index < -0.39 is 0 Å². The van der Waals surface area contributed by atoms with Gasteiger partial charge in [-0.15, -0.1) is 0 Å². The summed E-state index contributed by atoms with van der Waals surface area (Å²) in [4.78, 5) is 0. The standard InChI is InChI=1S/C15H25NO4/c1-17-8-5-9-19-10-11-20-15(12-16)13-6-3-4-7-14(13)18-2/h3-4,6-7,15H,5,8-12,16H2,1-2H3. The second kappa shape index (κ2) is 10.6. The summed E-state index contributed by atoms with van der Waals surface area (Å²) in [7, 11) is 3.33. The van der Waals surface area contributed by atoms with Crippen LogP contribution < -0.4 is 10.5 Å². The zero-order valence-corrected chi connectivity index (χ0v) is 12.3. The van der Waals surface area contributed by atoms with Crippen molar-refractivity contribution >= 4 is 0 Å². The molecule has 5 heteroatoms. The van der Waals surface area contributed by atoms with Gasteiger partial charge in [0.25, 0.3) is 0 Å². The Morgan fingerprint density at radius 1 is 1.05 bits per heavy atom. The number of para-hydroxylation sites is 1. The first-order chi connectivity index (χ1) is 9.83. The van der Waals surface area contributed by atoms with Crippen LogP contribution in [0.3, 0.4) is 0 Å². The Morgan fingerprint density at radius 3 is 2.55 bits per heavy atom. The Hall–Kier alpha value is -1.14. The molecule has 0 aromatic heterocycles. The van der Waals surface area contributed by atoms with Crippen LogP contribution in [-0.4, -0.2) is 47.2 Å². The molecule has 0 saturated heterocycles. The summed E-state index contributed by atoms with van der Waals surface area (Å²) in [6.45, 7) is 2.86. The van der Waals surface area contributed by atoms with Gasteiger partial charge in [-0.1, -0.05) is 18.2 Å². The molecule has 0 spiro atoms. The zero-order chi connectivity index (χ0) is 14.6. The molecule has 0 aliphatic carbocycles. The predicted molar refractivity (Wildman–Crippen MR) is 78.1 cm³/mol. The van der Waals surface area contributed by atoms with Crippen LogP contribution in [0, 0.1) is 0 Å². The summed E-state index contributed by atoms with van der Waals surface area (Å²) in [5.41, 5.74) is 6.74. The lowest BCUT2D eigenvalue weighted by Crippen LogP contribution is -2.19. The lowest BCUT2D eigenvalue weighted by molar-refractivity contribution is 0.00312. The third-order valence-corrected chi connectivity index (χ3v) is 2.88. The van der Waals surface area contributed by atoms with Crippen molar-refractivity contribution in [3.8, 4) is 5.75 Å². The summed E-state index contributed by atoms with van der Waals surface area (Å²) in [5, 5.41) is 0. The molecular weight excluding hydrogens is 258 g/mol. The minimum absolute atomic E-state index is 0.172. The van der Waals surface area contributed by atoms with Gasteiger partial charge in [0, 0.05) is 32.4 Å². The van der Waals surface area contributed by atoms with E-state index in [1.54, 1.807) is 14.2 Å². The van der Waals surface area contributed by atoms with E-state index in [4.69, 9.17) is 24.7 Å². The van der Waals surface area contributed by atoms with Crippen molar-refractivity contribution in [3.05, 3.63) is 29.8 Å². The van der Waals surface area contributed by atoms with E-state index in [1.165, 1.54) is 0 Å². The molecule has 1 aromatic carbocycles. The summed E-state index contributed by atoms with van der Waals surface area (Å²) in [6.07, 6.45) is 0.720. The highest BCUT2D eigenvalue weighted by atomic mass is 16.5. The smallest absolute Gasteiger partial charge is 0.124 e. The van der Waals surface area contributed by atoms with E-state index in [1.807, 2.05) is 24.3 Å². The third-order valence-electron chi connectivity index (χ3n) is 2.88. The molecule has 0 aliphatic heterocycles. The van der Waals surface area contributed by atoms with Crippen LogP contribution in [-0.2, 0) is 14.2 Å². The van der Waals surface area contributed by atoms with E-state index >= 15 is 0 Å². The molecule has 0 aliphatic rings. The summed E-state index contributed by atoms with van der Waals surface area (Å²) in [6, 6.07) is 7.75. The Bertz CT molecular complexity index is 359. The second-order valence-corrected chi connectivity index (χ2v) is 4.30. The molecule has 1 unspecified atom stereocenters. The molecule has 5 nitrogen and oxygen atoms in total. The van der Waals surface area contributed by atoms with Crippen LogP contribution in [0.15, 0.2) is 24.3 Å². The molecule has 1 rings (SSSR count). The van der Waals surface area contributed by atoms with Gasteiger partial charge in [-0.25, -0.2) is 0 Å². The minimum atomic E-state index is -0.172. The maximum absolute atomic E-state index is 5.77. The maximum atomic E-state index is 5.77. The second-order valence-electron chi connectivity index (χ2n) is 4.30. The first-order valence-electron chi connectivity index (χ1n) is 6.84. The Labute approximate surface area is 121 Å². The van der Waals surface area contributed by atoms with Gasteiger partial charge in [-0.3, -0.25) is 0 Å². The van der Waals surface area contributed by atoms with E-state index in [9.17, 15) is 0 Å². The van der Waals surface area contributed by atoms with E-state index in [2.05, 4.69) is 0 Å². The number of hydrogen-bond donors (Lipinski definition) is 1. The Balaban J connectivity index is 2.32. The molecule has 20 heavy (non-hydrogen) atoms. The molecule has 0 bridgehead atoms. The molecule has 0 heterocycles. The first-order valence-corrected chi connectivity index (χ1v) is 6.84. The van der Waals surface area contributed by atoms with E-state index in [0.29, 0.717) is 33.0 Å². The van der Waals surface area contributed by atoms with Crippen LogP contribution in [0.1, 0.15) is 18.1 Å². The molecule has 1 atom stereocenters. The fraction of sp³-hybridized carbons (Fsp3) is 0.600. The van der Waals surface area contributed by atoms with Crippen molar-refractivity contribution in [2.75, 3.05) is 47.2 Å². The average molecular weight is 283 g/mol. The van der Waals surface area contributed by atoms with Gasteiger partial charge in [0.2, 0.25) is 0 Å². The van der Waals surface area contributed by atoms with Gasteiger partial charge in [-0.05, 0) is 12.5 Å². The highest BCUT2D eigenvalue weighted by Crippen LogP contribution is 2.26. The van der Waals surface area contributed by atoms with Gasteiger partial charge >= 0.3 is 0 Å². The molecule has 114 valence electrons. The molecule has 0 saturated carbocycles. The van der Waals surface area contributed by atoms with E-state index in [-0.39, 0.29) is 6.10 Å². The Morgan fingerprint density at radius 2 is 1.85 bits per heavy atom. The number of methoxy groups -OCH3 is 2. The summed E-state index contributed by atoms with van der Waals surface area (Å²) >= 11 is 0. The van der Waals surface area contributed by atoms with Crippen LogP contribution in [0.4, 0.5) is 0 Å². The monoisotopic (exact) mass is 283 g/mol. The Kier molecular flexibility index (Phi) is 8.98. The molecule has 2 N–H and O–H groups in total. The highest BCUT2D eigenvalue weighted by molar-refractivity contribution is 5.35. The summed E-state index contributed by atoms with van der Waals surface area (Å²) < 4.78 is 21.5. The number of hydrogen-bond acceptors (Lipinski definition) is 5. The van der Waals surface area contributed by atoms with Crippen molar-refractivity contribution in [1.82, 2.24) is 0 Å². The van der Waals surface area contributed by atoms with Gasteiger partial charge in [0.15, 0.2) is 0 Å². The van der Waals surface area contributed by atoms with Crippen molar-refractivity contribution < 1.29 is 18.9 Å². The zero-order valence-electron chi connectivity index (χ0n) is 12.3. The normalized spacial score (nSPS) is 12.3. The average Bonchev–Trinajstić information content (AvgIpc) is 2.50. The molecule has 0 fully saturated rings. The van der Waals surface area contributed by atoms with Gasteiger partial charge in [-0.2, -0.15) is 0 Å². The van der Waals surface area contributed by atoms with Crippen LogP contribution in [0.5, 0.6) is 5.75 Å². The first kappa shape index (κ1) is 16.9. The fourth-order valence-electron chi connectivity index (χ4n) is 1.87. The number of rotatable bonds is 11. The van der Waals surface area contributed by atoms with Gasteiger partial charge in [0.1, 0.15) is 5.75 Å². The van der Waals surface area contributed by atoms with Crippen LogP contribution >= 0.6 is 0 Å². The third kappa shape index (κ3) is 5.88. The topological polar surface area (TPSA) is 62.9 Å². The fourth-order valence-corrected chi connectivity index (χ4v) is 1.87. The molecule has 0 amide bonds. The molecule has 0 radical (unpaired) electrons. The largest absolute Gasteiger partial charge is 0.496 e. The lowest BCUT2D eigenvalue weighted by atomic mass is 10.1. The van der Waals surface area contributed by atoms with Crippen LogP contribution in [0.25, 0.3) is 0 Å². The molecule has 1 aromatic rings. The van der Waals surface area contributed by atoms with Crippen molar-refractivity contribution in [2.45, 2.75) is 12.5 Å². The highest BCUT2D eigenvalue weighted by Gasteiger charge is 2.14. The SMILES string of the molecule is COCCCOCCOC(CN)c1ccccc1OC. The van der Waals surface area contributed by atoms with Crippen molar-refractivity contribution in [2.24, 2.45) is 5.73 Å². The quantitative estimate of drug-likeness (QED) is 0.627. The van der Waals surface area contributed by atoms with Crippen molar-refractivity contribution in [3.63, 3.8) is 0 Å². The van der Waals surface area contributed by atoms with Crippen molar-refractivity contribution in [1.29, 1.82) is 0 Å².